The summed E-state index contributed by atoms with van der Waals surface area (Å²) in [4.78, 5) is 13.6. The van der Waals surface area contributed by atoms with Crippen molar-refractivity contribution in [3.63, 3.8) is 0 Å². The molecule has 1 aromatic rings. The van der Waals surface area contributed by atoms with Crippen LogP contribution in [-0.2, 0) is 14.6 Å². The minimum atomic E-state index is -3.00. The van der Waals surface area contributed by atoms with Gasteiger partial charge < -0.3 is 9.64 Å². The summed E-state index contributed by atoms with van der Waals surface area (Å²) < 4.78 is 41.2. The zero-order chi connectivity index (χ0) is 14.3. The average molecular weight is 299 g/mol. The third-order valence-corrected chi connectivity index (χ3v) is 6.01. The van der Waals surface area contributed by atoms with Gasteiger partial charge in [0.1, 0.15) is 11.6 Å². The molecule has 2 aliphatic heterocycles. The SMILES string of the molecule is O=C(COc1ccc(F)cc1)N1CC2CC1CS2(=O)=O. The van der Waals surface area contributed by atoms with Gasteiger partial charge in [-0.05, 0) is 30.7 Å². The summed E-state index contributed by atoms with van der Waals surface area (Å²) in [5.74, 6) is -0.126. The first kappa shape index (κ1) is 13.4. The van der Waals surface area contributed by atoms with Crippen LogP contribution in [0.3, 0.4) is 0 Å². The molecule has 3 rings (SSSR count). The van der Waals surface area contributed by atoms with E-state index < -0.39 is 15.1 Å². The van der Waals surface area contributed by atoms with Gasteiger partial charge in [-0.15, -0.1) is 0 Å². The Hall–Kier alpha value is -1.63. The molecule has 7 heteroatoms. The molecule has 0 aromatic heterocycles. The van der Waals surface area contributed by atoms with E-state index in [2.05, 4.69) is 0 Å². The Balaban J connectivity index is 1.58. The molecule has 2 atom stereocenters. The van der Waals surface area contributed by atoms with Crippen LogP contribution in [0.2, 0.25) is 0 Å². The van der Waals surface area contributed by atoms with Crippen molar-refractivity contribution in [1.82, 2.24) is 4.90 Å². The maximum Gasteiger partial charge on any atom is 0.260 e. The van der Waals surface area contributed by atoms with Gasteiger partial charge in [-0.25, -0.2) is 12.8 Å². The molecule has 1 amide bonds. The first-order valence-electron chi connectivity index (χ1n) is 6.35. The highest BCUT2D eigenvalue weighted by Gasteiger charge is 2.49. The van der Waals surface area contributed by atoms with Crippen LogP contribution in [0.25, 0.3) is 0 Å². The van der Waals surface area contributed by atoms with E-state index in [1.54, 1.807) is 4.90 Å². The van der Waals surface area contributed by atoms with Crippen LogP contribution >= 0.6 is 0 Å². The molecule has 2 bridgehead atoms. The van der Waals surface area contributed by atoms with Gasteiger partial charge >= 0.3 is 0 Å². The van der Waals surface area contributed by atoms with E-state index >= 15 is 0 Å². The lowest BCUT2D eigenvalue weighted by atomic mass is 10.2. The van der Waals surface area contributed by atoms with Crippen LogP contribution in [0.5, 0.6) is 5.75 Å². The van der Waals surface area contributed by atoms with Crippen LogP contribution in [0.1, 0.15) is 6.42 Å². The summed E-state index contributed by atoms with van der Waals surface area (Å²) in [6.45, 7) is 0.105. The van der Waals surface area contributed by atoms with Crippen molar-refractivity contribution in [2.24, 2.45) is 0 Å². The van der Waals surface area contributed by atoms with Crippen molar-refractivity contribution in [1.29, 1.82) is 0 Å². The molecule has 2 aliphatic rings. The molecule has 0 radical (unpaired) electrons. The van der Waals surface area contributed by atoms with Crippen molar-refractivity contribution < 1.29 is 22.3 Å². The molecule has 108 valence electrons. The number of amides is 1. The molecule has 2 unspecified atom stereocenters. The highest BCUT2D eigenvalue weighted by atomic mass is 32.2. The molecular weight excluding hydrogens is 285 g/mol. The first-order valence-corrected chi connectivity index (χ1v) is 8.06. The third kappa shape index (κ3) is 2.37. The number of fused-ring (bicyclic) bond motifs is 2. The summed E-state index contributed by atoms with van der Waals surface area (Å²) in [6.07, 6.45) is 0.532. The maximum atomic E-state index is 12.7. The standard InChI is InChI=1S/C13H14FNO4S/c14-9-1-3-11(4-2-9)19-7-13(16)15-6-12-5-10(15)8-20(12,17)18/h1-4,10,12H,5-8H2. The fourth-order valence-corrected chi connectivity index (χ4v) is 4.79. The Labute approximate surface area is 116 Å². The van der Waals surface area contributed by atoms with Crippen molar-refractivity contribution >= 4 is 15.7 Å². The molecular formula is C13H14FNO4S. The lowest BCUT2D eigenvalue weighted by Crippen LogP contribution is -2.45. The van der Waals surface area contributed by atoms with Gasteiger partial charge in [0.2, 0.25) is 0 Å². The minimum absolute atomic E-state index is 0.0555. The normalized spacial score (nSPS) is 26.8. The number of carbonyl (C=O) groups excluding carboxylic acids is 1. The summed E-state index contributed by atoms with van der Waals surface area (Å²) in [5, 5.41) is -0.415. The van der Waals surface area contributed by atoms with E-state index in [0.717, 1.165) is 0 Å². The Morgan fingerprint density at radius 2 is 2.05 bits per heavy atom. The molecule has 2 heterocycles. The van der Waals surface area contributed by atoms with E-state index in [0.29, 0.717) is 12.2 Å². The summed E-state index contributed by atoms with van der Waals surface area (Å²) in [5.41, 5.74) is 0. The molecule has 2 fully saturated rings. The van der Waals surface area contributed by atoms with E-state index in [4.69, 9.17) is 4.74 Å². The second-order valence-corrected chi connectivity index (χ2v) is 7.46. The van der Waals surface area contributed by atoms with Gasteiger partial charge in [0.15, 0.2) is 16.4 Å². The summed E-state index contributed by atoms with van der Waals surface area (Å²) in [7, 11) is -3.00. The van der Waals surface area contributed by atoms with Gasteiger partial charge in [0.25, 0.3) is 5.91 Å². The number of hydrogen-bond acceptors (Lipinski definition) is 4. The third-order valence-electron chi connectivity index (χ3n) is 3.80. The number of hydrogen-bond donors (Lipinski definition) is 0. The number of halogens is 1. The van der Waals surface area contributed by atoms with Crippen LogP contribution in [0.15, 0.2) is 24.3 Å². The number of benzene rings is 1. The van der Waals surface area contributed by atoms with Crippen LogP contribution in [0, 0.1) is 5.82 Å². The van der Waals surface area contributed by atoms with Gasteiger partial charge in [-0.2, -0.15) is 0 Å². The van der Waals surface area contributed by atoms with Gasteiger partial charge in [-0.1, -0.05) is 0 Å². The molecule has 2 saturated heterocycles. The second-order valence-electron chi connectivity index (χ2n) is 5.13. The van der Waals surface area contributed by atoms with E-state index in [-0.39, 0.29) is 36.7 Å². The number of ether oxygens (including phenoxy) is 1. The van der Waals surface area contributed by atoms with Crippen molar-refractivity contribution in [3.8, 4) is 5.75 Å². The zero-order valence-corrected chi connectivity index (χ0v) is 11.5. The van der Waals surface area contributed by atoms with E-state index in [1.807, 2.05) is 0 Å². The molecule has 0 spiro atoms. The van der Waals surface area contributed by atoms with Crippen LogP contribution in [-0.4, -0.2) is 49.4 Å². The lowest BCUT2D eigenvalue weighted by Gasteiger charge is -2.26. The number of carbonyl (C=O) groups is 1. The zero-order valence-electron chi connectivity index (χ0n) is 10.7. The van der Waals surface area contributed by atoms with Crippen molar-refractivity contribution in [2.75, 3.05) is 18.9 Å². The Morgan fingerprint density at radius 1 is 1.35 bits per heavy atom. The summed E-state index contributed by atoms with van der Waals surface area (Å²) in [6, 6.07) is 5.19. The smallest absolute Gasteiger partial charge is 0.260 e. The molecule has 5 nitrogen and oxygen atoms in total. The number of sulfone groups is 1. The van der Waals surface area contributed by atoms with Gasteiger partial charge in [-0.3, -0.25) is 4.79 Å². The van der Waals surface area contributed by atoms with E-state index in [1.165, 1.54) is 24.3 Å². The molecule has 20 heavy (non-hydrogen) atoms. The highest BCUT2D eigenvalue weighted by molar-refractivity contribution is 7.92. The van der Waals surface area contributed by atoms with E-state index in [9.17, 15) is 17.6 Å². The van der Waals surface area contributed by atoms with Crippen molar-refractivity contribution in [2.45, 2.75) is 17.7 Å². The summed E-state index contributed by atoms with van der Waals surface area (Å²) >= 11 is 0. The monoisotopic (exact) mass is 299 g/mol. The van der Waals surface area contributed by atoms with Crippen molar-refractivity contribution in [3.05, 3.63) is 30.1 Å². The second kappa shape index (κ2) is 4.73. The maximum absolute atomic E-state index is 12.7. The molecule has 0 aliphatic carbocycles. The number of likely N-dealkylation sites (tertiary alicyclic amines) is 1. The predicted molar refractivity (Wildman–Crippen MR) is 69.6 cm³/mol. The Morgan fingerprint density at radius 3 is 2.60 bits per heavy atom. The lowest BCUT2D eigenvalue weighted by molar-refractivity contribution is -0.133. The quantitative estimate of drug-likeness (QED) is 0.820. The Kier molecular flexibility index (Phi) is 3.16. The topological polar surface area (TPSA) is 63.7 Å². The molecule has 1 aromatic carbocycles. The fourth-order valence-electron chi connectivity index (χ4n) is 2.76. The van der Waals surface area contributed by atoms with Crippen LogP contribution in [0.4, 0.5) is 4.39 Å². The number of rotatable bonds is 3. The first-order chi connectivity index (χ1) is 9.45. The number of nitrogens with zero attached hydrogens (tertiary/aromatic N) is 1. The highest BCUT2D eigenvalue weighted by Crippen LogP contribution is 2.32. The van der Waals surface area contributed by atoms with Crippen LogP contribution < -0.4 is 4.74 Å². The largest absolute Gasteiger partial charge is 0.484 e. The average Bonchev–Trinajstić information content (AvgIpc) is 2.93. The predicted octanol–water partition coefficient (Wildman–Crippen LogP) is 0.602. The minimum Gasteiger partial charge on any atom is -0.484 e. The Bertz CT molecular complexity index is 628. The van der Waals surface area contributed by atoms with Gasteiger partial charge in [0.05, 0.1) is 11.0 Å². The van der Waals surface area contributed by atoms with Gasteiger partial charge in [0, 0.05) is 12.6 Å². The molecule has 0 N–H and O–H groups in total. The fraction of sp³-hybridized carbons (Fsp3) is 0.462. The molecule has 0 saturated carbocycles.